The minimum atomic E-state index is -0.974. The average Bonchev–Trinajstić information content (AvgIpc) is 2.79. The Hall–Kier alpha value is -1.95. The van der Waals surface area contributed by atoms with Crippen LogP contribution in [0, 0.1) is 6.92 Å². The van der Waals surface area contributed by atoms with E-state index >= 15 is 0 Å². The first-order chi connectivity index (χ1) is 9.08. The number of rotatable bonds is 5. The first-order valence-corrected chi connectivity index (χ1v) is 6.71. The summed E-state index contributed by atoms with van der Waals surface area (Å²) in [7, 11) is 1.91. The largest absolute Gasteiger partial charge is 0.476 e. The monoisotopic (exact) mass is 277 g/mol. The maximum absolute atomic E-state index is 11.0. The van der Waals surface area contributed by atoms with Crippen LogP contribution in [0.5, 0.6) is 0 Å². The molecule has 2 aromatic heterocycles. The highest BCUT2D eigenvalue weighted by molar-refractivity contribution is 7.15. The van der Waals surface area contributed by atoms with E-state index in [0.717, 1.165) is 28.7 Å². The first kappa shape index (κ1) is 13.5. The van der Waals surface area contributed by atoms with Crippen LogP contribution in [0.4, 0.5) is 5.13 Å². The van der Waals surface area contributed by atoms with Gasteiger partial charge in [-0.1, -0.05) is 6.07 Å². The van der Waals surface area contributed by atoms with Crippen molar-refractivity contribution in [3.8, 4) is 0 Å². The number of carboxylic acids is 1. The molecule has 0 bridgehead atoms. The molecule has 2 heterocycles. The number of anilines is 1. The molecule has 0 aliphatic heterocycles. The van der Waals surface area contributed by atoms with Gasteiger partial charge in [-0.05, 0) is 19.1 Å². The number of pyridine rings is 1. The van der Waals surface area contributed by atoms with E-state index in [2.05, 4.69) is 9.97 Å². The molecule has 6 heteroatoms. The van der Waals surface area contributed by atoms with Crippen LogP contribution in [0.15, 0.2) is 24.4 Å². The number of carbonyl (C=O) groups is 1. The molecule has 0 spiro atoms. The van der Waals surface area contributed by atoms with Crippen LogP contribution in [0.2, 0.25) is 0 Å². The zero-order valence-electron chi connectivity index (χ0n) is 10.8. The van der Waals surface area contributed by atoms with Gasteiger partial charge in [0, 0.05) is 36.8 Å². The van der Waals surface area contributed by atoms with E-state index in [0.29, 0.717) is 0 Å². The Labute approximate surface area is 115 Å². The van der Waals surface area contributed by atoms with Crippen molar-refractivity contribution in [2.75, 3.05) is 18.5 Å². The lowest BCUT2D eigenvalue weighted by molar-refractivity contribution is 0.0690. The van der Waals surface area contributed by atoms with Gasteiger partial charge in [-0.2, -0.15) is 0 Å². The fourth-order valence-corrected chi connectivity index (χ4v) is 2.56. The molecule has 0 amide bonds. The lowest BCUT2D eigenvalue weighted by atomic mass is 10.2. The highest BCUT2D eigenvalue weighted by atomic mass is 32.1. The summed E-state index contributed by atoms with van der Waals surface area (Å²) >= 11 is 1.40. The van der Waals surface area contributed by atoms with E-state index in [9.17, 15) is 4.79 Å². The van der Waals surface area contributed by atoms with Crippen molar-refractivity contribution >= 4 is 22.4 Å². The molecule has 0 aliphatic carbocycles. The molecule has 5 nitrogen and oxygen atoms in total. The second-order valence-electron chi connectivity index (χ2n) is 4.20. The third kappa shape index (κ3) is 3.29. The van der Waals surface area contributed by atoms with Crippen molar-refractivity contribution in [1.82, 2.24) is 9.97 Å². The number of thiazole rings is 1. The van der Waals surface area contributed by atoms with Gasteiger partial charge in [0.25, 0.3) is 0 Å². The molecule has 0 unspecified atom stereocenters. The number of nitrogens with zero attached hydrogens (tertiary/aromatic N) is 3. The predicted octanol–water partition coefficient (Wildman–Crippen LogP) is 2.22. The Morgan fingerprint density at radius 2 is 2.26 bits per heavy atom. The maximum atomic E-state index is 11.0. The topological polar surface area (TPSA) is 66.3 Å². The minimum absolute atomic E-state index is 0.143. The standard InChI is InChI=1S/C13H15N3O2S/c1-9-11(12(17)18)15-13(19-9)16(2)8-6-10-5-3-4-7-14-10/h3-5,7H,6,8H2,1-2H3,(H,17,18). The van der Waals surface area contributed by atoms with E-state index in [4.69, 9.17) is 5.11 Å². The molecule has 0 aliphatic rings. The van der Waals surface area contributed by atoms with Crippen LogP contribution in [-0.2, 0) is 6.42 Å². The fraction of sp³-hybridized carbons (Fsp3) is 0.308. The average molecular weight is 277 g/mol. The summed E-state index contributed by atoms with van der Waals surface area (Å²) < 4.78 is 0. The quantitative estimate of drug-likeness (QED) is 0.907. The van der Waals surface area contributed by atoms with Crippen molar-refractivity contribution in [2.24, 2.45) is 0 Å². The Morgan fingerprint density at radius 3 is 2.84 bits per heavy atom. The number of likely N-dealkylation sites (N-methyl/N-ethyl adjacent to an activating group) is 1. The van der Waals surface area contributed by atoms with Crippen LogP contribution < -0.4 is 4.90 Å². The van der Waals surface area contributed by atoms with Crippen molar-refractivity contribution in [1.29, 1.82) is 0 Å². The molecule has 0 saturated heterocycles. The van der Waals surface area contributed by atoms with Gasteiger partial charge in [0.05, 0.1) is 0 Å². The minimum Gasteiger partial charge on any atom is -0.476 e. The van der Waals surface area contributed by atoms with Gasteiger partial charge >= 0.3 is 5.97 Å². The summed E-state index contributed by atoms with van der Waals surface area (Å²) in [5.41, 5.74) is 1.16. The highest BCUT2D eigenvalue weighted by Gasteiger charge is 2.16. The second kappa shape index (κ2) is 5.79. The highest BCUT2D eigenvalue weighted by Crippen LogP contribution is 2.24. The van der Waals surface area contributed by atoms with E-state index in [1.165, 1.54) is 11.3 Å². The number of carboxylic acid groups (broad SMARTS) is 1. The molecule has 2 aromatic rings. The van der Waals surface area contributed by atoms with Gasteiger partial charge in [0.2, 0.25) is 0 Å². The molecule has 2 rings (SSSR count). The molecule has 1 N–H and O–H groups in total. The lowest BCUT2D eigenvalue weighted by Crippen LogP contribution is -2.20. The number of aromatic nitrogens is 2. The lowest BCUT2D eigenvalue weighted by Gasteiger charge is -2.14. The molecule has 0 aromatic carbocycles. The zero-order chi connectivity index (χ0) is 13.8. The SMILES string of the molecule is Cc1sc(N(C)CCc2ccccn2)nc1C(=O)O. The number of aryl methyl sites for hydroxylation is 1. The number of aromatic carboxylic acids is 1. The Morgan fingerprint density at radius 1 is 1.47 bits per heavy atom. The zero-order valence-corrected chi connectivity index (χ0v) is 11.6. The second-order valence-corrected chi connectivity index (χ2v) is 5.38. The van der Waals surface area contributed by atoms with Crippen LogP contribution in [-0.4, -0.2) is 34.6 Å². The Kier molecular flexibility index (Phi) is 4.11. The molecule has 0 atom stereocenters. The summed E-state index contributed by atoms with van der Waals surface area (Å²) in [6.45, 7) is 2.53. The van der Waals surface area contributed by atoms with Crippen LogP contribution in [0.25, 0.3) is 0 Å². The van der Waals surface area contributed by atoms with Crippen LogP contribution >= 0.6 is 11.3 Å². The maximum Gasteiger partial charge on any atom is 0.355 e. The first-order valence-electron chi connectivity index (χ1n) is 5.89. The third-order valence-corrected chi connectivity index (χ3v) is 3.83. The molecular formula is C13H15N3O2S. The summed E-state index contributed by atoms with van der Waals surface area (Å²) in [5, 5.41) is 9.71. The van der Waals surface area contributed by atoms with Gasteiger partial charge in [-0.25, -0.2) is 9.78 Å². The molecule has 19 heavy (non-hydrogen) atoms. The van der Waals surface area contributed by atoms with Gasteiger partial charge in [0.15, 0.2) is 10.8 Å². The van der Waals surface area contributed by atoms with Crippen molar-refractivity contribution in [3.63, 3.8) is 0 Å². The van der Waals surface area contributed by atoms with Gasteiger partial charge in [0.1, 0.15) is 0 Å². The Balaban J connectivity index is 2.02. The normalized spacial score (nSPS) is 10.4. The van der Waals surface area contributed by atoms with Crippen molar-refractivity contribution in [2.45, 2.75) is 13.3 Å². The van der Waals surface area contributed by atoms with Crippen molar-refractivity contribution < 1.29 is 9.90 Å². The van der Waals surface area contributed by atoms with Crippen LogP contribution in [0.3, 0.4) is 0 Å². The van der Waals surface area contributed by atoms with Gasteiger partial charge in [-0.3, -0.25) is 4.98 Å². The summed E-state index contributed by atoms with van der Waals surface area (Å²) in [6.07, 6.45) is 2.57. The van der Waals surface area contributed by atoms with Crippen molar-refractivity contribution in [3.05, 3.63) is 40.7 Å². The third-order valence-electron chi connectivity index (χ3n) is 2.74. The number of hydrogen-bond acceptors (Lipinski definition) is 5. The summed E-state index contributed by atoms with van der Waals surface area (Å²) in [5.74, 6) is -0.974. The molecular weight excluding hydrogens is 262 g/mol. The van der Waals surface area contributed by atoms with Gasteiger partial charge < -0.3 is 10.0 Å². The van der Waals surface area contributed by atoms with E-state index in [1.54, 1.807) is 13.1 Å². The fourth-order valence-electron chi connectivity index (χ4n) is 1.67. The van der Waals surface area contributed by atoms with E-state index in [-0.39, 0.29) is 5.69 Å². The molecule has 100 valence electrons. The van der Waals surface area contributed by atoms with Crippen LogP contribution in [0.1, 0.15) is 21.1 Å². The molecule has 0 radical (unpaired) electrons. The van der Waals surface area contributed by atoms with E-state index in [1.807, 2.05) is 30.1 Å². The van der Waals surface area contributed by atoms with Gasteiger partial charge in [-0.15, -0.1) is 11.3 Å². The smallest absolute Gasteiger partial charge is 0.355 e. The molecule has 0 saturated carbocycles. The van der Waals surface area contributed by atoms with E-state index < -0.39 is 5.97 Å². The molecule has 0 fully saturated rings. The number of hydrogen-bond donors (Lipinski definition) is 1. The summed E-state index contributed by atoms with van der Waals surface area (Å²) in [6, 6.07) is 5.82. The Bertz CT molecular complexity index is 569. The predicted molar refractivity (Wildman–Crippen MR) is 75.0 cm³/mol. The summed E-state index contributed by atoms with van der Waals surface area (Å²) in [4.78, 5) is 22.0.